The van der Waals surface area contributed by atoms with Gasteiger partial charge in [-0.3, -0.25) is 0 Å². The largest absolute Gasteiger partial charge is 0.378 e. The fraction of sp³-hybridized carbons (Fsp3) is 1.00. The highest BCUT2D eigenvalue weighted by atomic mass is 16.5. The third-order valence-corrected chi connectivity index (χ3v) is 4.59. The molecule has 0 aliphatic carbocycles. The maximum Gasteiger partial charge on any atom is 0.0599 e. The monoisotopic (exact) mass is 269 g/mol. The Morgan fingerprint density at radius 2 is 2.00 bits per heavy atom. The molecule has 1 N–H and O–H groups in total. The summed E-state index contributed by atoms with van der Waals surface area (Å²) in [6.07, 6.45) is 5.33. The van der Waals surface area contributed by atoms with Crippen molar-refractivity contribution in [3.8, 4) is 0 Å². The van der Waals surface area contributed by atoms with Gasteiger partial charge in [-0.05, 0) is 45.8 Å². The Morgan fingerprint density at radius 3 is 2.74 bits per heavy atom. The van der Waals surface area contributed by atoms with E-state index < -0.39 is 0 Å². The summed E-state index contributed by atoms with van der Waals surface area (Å²) >= 11 is 0. The topological polar surface area (TPSA) is 27.7 Å². The van der Waals surface area contributed by atoms with Gasteiger partial charge in [-0.2, -0.15) is 0 Å². The van der Waals surface area contributed by atoms with Crippen LogP contribution in [-0.4, -0.2) is 74.9 Å². The number of ether oxygens (including phenoxy) is 1. The first-order valence-electron chi connectivity index (χ1n) is 8.04. The minimum absolute atomic E-state index is 0.511. The molecule has 112 valence electrons. The highest BCUT2D eigenvalue weighted by Crippen LogP contribution is 2.11. The normalized spacial score (nSPS) is 27.8. The summed E-state index contributed by atoms with van der Waals surface area (Å²) in [6.45, 7) is 10.4. The van der Waals surface area contributed by atoms with Crippen LogP contribution in [0, 0.1) is 0 Å². The van der Waals surface area contributed by atoms with Crippen LogP contribution in [0.4, 0.5) is 0 Å². The van der Waals surface area contributed by atoms with Crippen LogP contribution < -0.4 is 5.32 Å². The summed E-state index contributed by atoms with van der Waals surface area (Å²) in [7, 11) is 2.26. The molecule has 2 rings (SSSR count). The molecule has 2 fully saturated rings. The van der Waals surface area contributed by atoms with E-state index in [2.05, 4.69) is 29.1 Å². The first-order chi connectivity index (χ1) is 9.29. The van der Waals surface area contributed by atoms with Crippen LogP contribution in [0.1, 0.15) is 32.6 Å². The Bertz CT molecular complexity index is 244. The van der Waals surface area contributed by atoms with Gasteiger partial charge < -0.3 is 19.9 Å². The Labute approximate surface area is 118 Å². The third-order valence-electron chi connectivity index (χ3n) is 4.59. The second kappa shape index (κ2) is 8.20. The smallest absolute Gasteiger partial charge is 0.0599 e. The second-order valence-corrected chi connectivity index (χ2v) is 6.02. The number of hydrogen-bond donors (Lipinski definition) is 1. The van der Waals surface area contributed by atoms with Crippen LogP contribution >= 0.6 is 0 Å². The van der Waals surface area contributed by atoms with Crippen molar-refractivity contribution in [2.24, 2.45) is 0 Å². The van der Waals surface area contributed by atoms with E-state index in [0.29, 0.717) is 6.10 Å². The van der Waals surface area contributed by atoms with E-state index in [1.165, 1.54) is 51.9 Å². The molecule has 0 radical (unpaired) electrons. The van der Waals surface area contributed by atoms with Crippen molar-refractivity contribution in [2.45, 2.75) is 44.8 Å². The van der Waals surface area contributed by atoms with Crippen molar-refractivity contribution in [1.82, 2.24) is 15.1 Å². The third kappa shape index (κ3) is 5.03. The van der Waals surface area contributed by atoms with Gasteiger partial charge in [-0.1, -0.05) is 6.92 Å². The van der Waals surface area contributed by atoms with E-state index in [0.717, 1.165) is 25.7 Å². The molecule has 2 aliphatic heterocycles. The molecule has 19 heavy (non-hydrogen) atoms. The van der Waals surface area contributed by atoms with E-state index in [9.17, 15) is 0 Å². The molecule has 2 heterocycles. The summed E-state index contributed by atoms with van der Waals surface area (Å²) < 4.78 is 5.97. The molecule has 0 aromatic carbocycles. The predicted octanol–water partition coefficient (Wildman–Crippen LogP) is 1.17. The van der Waals surface area contributed by atoms with Crippen molar-refractivity contribution in [3.63, 3.8) is 0 Å². The Kier molecular flexibility index (Phi) is 6.57. The lowest BCUT2D eigenvalue weighted by atomic mass is 10.1. The van der Waals surface area contributed by atoms with E-state index in [4.69, 9.17) is 4.74 Å². The lowest BCUT2D eigenvalue weighted by molar-refractivity contribution is 0.0226. The van der Waals surface area contributed by atoms with Gasteiger partial charge >= 0.3 is 0 Å². The van der Waals surface area contributed by atoms with Crippen LogP contribution in [0.5, 0.6) is 0 Å². The van der Waals surface area contributed by atoms with Crippen LogP contribution in [0.15, 0.2) is 0 Å². The van der Waals surface area contributed by atoms with Crippen molar-refractivity contribution in [3.05, 3.63) is 0 Å². The average molecular weight is 269 g/mol. The summed E-state index contributed by atoms with van der Waals surface area (Å²) in [6, 6.07) is 0.749. The summed E-state index contributed by atoms with van der Waals surface area (Å²) in [5.41, 5.74) is 0. The van der Waals surface area contributed by atoms with Gasteiger partial charge in [-0.15, -0.1) is 0 Å². The SMILES string of the molecule is CCC1CN(CCCOC2CCNCC2)CCN1C. The Balaban J connectivity index is 1.55. The molecule has 1 atom stereocenters. The van der Waals surface area contributed by atoms with Gasteiger partial charge in [0.25, 0.3) is 0 Å². The van der Waals surface area contributed by atoms with Crippen LogP contribution in [0.2, 0.25) is 0 Å². The van der Waals surface area contributed by atoms with Crippen LogP contribution in [-0.2, 0) is 4.74 Å². The van der Waals surface area contributed by atoms with Gasteiger partial charge in [-0.25, -0.2) is 0 Å². The van der Waals surface area contributed by atoms with Crippen molar-refractivity contribution in [1.29, 1.82) is 0 Å². The lowest BCUT2D eigenvalue weighted by Gasteiger charge is -2.39. The van der Waals surface area contributed by atoms with Gasteiger partial charge in [0.2, 0.25) is 0 Å². The van der Waals surface area contributed by atoms with Crippen LogP contribution in [0.25, 0.3) is 0 Å². The number of rotatable bonds is 6. The first kappa shape index (κ1) is 15.2. The standard InChI is InChI=1S/C15H31N3O/c1-3-14-13-18(11-10-17(14)2)9-4-12-19-15-5-7-16-8-6-15/h14-16H,3-13H2,1-2H3. The second-order valence-electron chi connectivity index (χ2n) is 6.02. The van der Waals surface area contributed by atoms with Gasteiger partial charge in [0, 0.05) is 38.8 Å². The van der Waals surface area contributed by atoms with Gasteiger partial charge in [0.05, 0.1) is 6.10 Å². The van der Waals surface area contributed by atoms with E-state index in [1.807, 2.05) is 0 Å². The van der Waals surface area contributed by atoms with Crippen molar-refractivity contribution in [2.75, 3.05) is 52.9 Å². The molecule has 2 aliphatic rings. The maximum absolute atomic E-state index is 5.97. The highest BCUT2D eigenvalue weighted by Gasteiger charge is 2.22. The number of hydrogen-bond acceptors (Lipinski definition) is 4. The number of piperidine rings is 1. The zero-order valence-electron chi connectivity index (χ0n) is 12.7. The minimum atomic E-state index is 0.511. The minimum Gasteiger partial charge on any atom is -0.378 e. The predicted molar refractivity (Wildman–Crippen MR) is 79.6 cm³/mol. The van der Waals surface area contributed by atoms with Gasteiger partial charge in [0.1, 0.15) is 0 Å². The zero-order valence-corrected chi connectivity index (χ0v) is 12.7. The van der Waals surface area contributed by atoms with Crippen molar-refractivity contribution < 1.29 is 4.74 Å². The fourth-order valence-electron chi connectivity index (χ4n) is 3.15. The van der Waals surface area contributed by atoms with E-state index in [-0.39, 0.29) is 0 Å². The number of piperazine rings is 1. The number of nitrogens with one attached hydrogen (secondary N) is 1. The lowest BCUT2D eigenvalue weighted by Crippen LogP contribution is -2.51. The van der Waals surface area contributed by atoms with Crippen LogP contribution in [0.3, 0.4) is 0 Å². The first-order valence-corrected chi connectivity index (χ1v) is 8.04. The molecule has 0 amide bonds. The molecule has 1 unspecified atom stereocenters. The zero-order chi connectivity index (χ0) is 13.5. The maximum atomic E-state index is 5.97. The molecule has 0 saturated carbocycles. The molecular weight excluding hydrogens is 238 g/mol. The quantitative estimate of drug-likeness (QED) is 0.733. The highest BCUT2D eigenvalue weighted by molar-refractivity contribution is 4.78. The Morgan fingerprint density at radius 1 is 1.21 bits per heavy atom. The summed E-state index contributed by atoms with van der Waals surface area (Å²) in [5.74, 6) is 0. The summed E-state index contributed by atoms with van der Waals surface area (Å²) in [4.78, 5) is 5.11. The van der Waals surface area contributed by atoms with E-state index in [1.54, 1.807) is 0 Å². The fourth-order valence-corrected chi connectivity index (χ4v) is 3.15. The Hall–Kier alpha value is -0.160. The molecule has 4 heteroatoms. The summed E-state index contributed by atoms with van der Waals surface area (Å²) in [5, 5.41) is 3.38. The molecule has 2 saturated heterocycles. The molecule has 0 spiro atoms. The average Bonchev–Trinajstić information content (AvgIpc) is 2.46. The number of likely N-dealkylation sites (N-methyl/N-ethyl adjacent to an activating group) is 1. The molecular formula is C15H31N3O. The molecule has 0 aromatic heterocycles. The molecule has 0 bridgehead atoms. The van der Waals surface area contributed by atoms with E-state index >= 15 is 0 Å². The molecule has 0 aromatic rings. The van der Waals surface area contributed by atoms with Gasteiger partial charge in [0.15, 0.2) is 0 Å². The molecule has 4 nitrogen and oxygen atoms in total. The number of nitrogens with zero attached hydrogens (tertiary/aromatic N) is 2. The van der Waals surface area contributed by atoms with Crippen molar-refractivity contribution >= 4 is 0 Å².